The molecule has 0 N–H and O–H groups in total. The number of rotatable bonds is 8. The van der Waals surface area contributed by atoms with Crippen LogP contribution in [0.2, 0.25) is 0 Å². The van der Waals surface area contributed by atoms with Gasteiger partial charge < -0.3 is 4.90 Å². The average molecular weight is 443 g/mol. The Bertz CT molecular complexity index is 1060. The SMILES string of the molecule is CCN(C(=O)c1c(F)cccc1-c1ncccn1)[C@@H](C)CCc1ncc(C(C)(F)F)cn1. The first-order chi connectivity index (χ1) is 15.2. The number of nitrogens with zero attached hydrogens (tertiary/aromatic N) is 5. The zero-order valence-corrected chi connectivity index (χ0v) is 18.1. The van der Waals surface area contributed by atoms with Gasteiger partial charge in [0, 0.05) is 56.3 Å². The molecule has 0 radical (unpaired) electrons. The maximum Gasteiger partial charge on any atom is 0.273 e. The molecule has 0 unspecified atom stereocenters. The van der Waals surface area contributed by atoms with Gasteiger partial charge >= 0.3 is 0 Å². The Balaban J connectivity index is 1.78. The van der Waals surface area contributed by atoms with Crippen LogP contribution in [0.25, 0.3) is 11.4 Å². The Hall–Kier alpha value is -3.36. The molecule has 2 aromatic heterocycles. The van der Waals surface area contributed by atoms with Gasteiger partial charge in [-0.3, -0.25) is 4.79 Å². The van der Waals surface area contributed by atoms with E-state index in [0.717, 1.165) is 19.3 Å². The first-order valence-corrected chi connectivity index (χ1v) is 10.3. The Morgan fingerprint density at radius 2 is 1.75 bits per heavy atom. The second kappa shape index (κ2) is 9.84. The second-order valence-electron chi connectivity index (χ2n) is 7.49. The normalized spacial score (nSPS) is 12.4. The van der Waals surface area contributed by atoms with Crippen LogP contribution in [0.1, 0.15) is 48.9 Å². The van der Waals surface area contributed by atoms with Gasteiger partial charge in [-0.05, 0) is 32.4 Å². The van der Waals surface area contributed by atoms with Crippen molar-refractivity contribution in [1.82, 2.24) is 24.8 Å². The lowest BCUT2D eigenvalue weighted by Crippen LogP contribution is -2.39. The molecule has 168 valence electrons. The summed E-state index contributed by atoms with van der Waals surface area (Å²) in [7, 11) is 0. The number of hydrogen-bond donors (Lipinski definition) is 0. The minimum absolute atomic E-state index is 0.0850. The quantitative estimate of drug-likeness (QED) is 0.506. The van der Waals surface area contributed by atoms with Crippen molar-refractivity contribution in [2.45, 2.75) is 45.6 Å². The van der Waals surface area contributed by atoms with Crippen molar-refractivity contribution in [3.63, 3.8) is 0 Å². The molecule has 0 fully saturated rings. The van der Waals surface area contributed by atoms with Crippen LogP contribution in [0, 0.1) is 5.82 Å². The van der Waals surface area contributed by atoms with Gasteiger partial charge in [-0.15, -0.1) is 0 Å². The van der Waals surface area contributed by atoms with Crippen molar-refractivity contribution in [3.05, 3.63) is 71.8 Å². The molecule has 3 aromatic rings. The Kier molecular flexibility index (Phi) is 7.17. The summed E-state index contributed by atoms with van der Waals surface area (Å²) >= 11 is 0. The monoisotopic (exact) mass is 443 g/mol. The third kappa shape index (κ3) is 5.27. The standard InChI is InChI=1S/C23H24F3N5O/c1-4-31(15(2)9-10-19-29-13-16(14-30-19)23(3,25)26)22(32)20-17(7-5-8-18(20)24)21-27-11-6-12-28-21/h5-8,11-15H,4,9-10H2,1-3H3/t15-/m0/s1. The molecule has 0 aliphatic carbocycles. The number of carbonyl (C=O) groups excluding carboxylic acids is 1. The van der Waals surface area contributed by atoms with Crippen LogP contribution in [-0.2, 0) is 12.3 Å². The molecular weight excluding hydrogens is 419 g/mol. The number of carbonyl (C=O) groups is 1. The van der Waals surface area contributed by atoms with Gasteiger partial charge in [-0.2, -0.15) is 0 Å². The summed E-state index contributed by atoms with van der Waals surface area (Å²) in [5, 5.41) is 0. The summed E-state index contributed by atoms with van der Waals surface area (Å²) in [4.78, 5) is 31.2. The molecule has 0 aliphatic heterocycles. The topological polar surface area (TPSA) is 71.9 Å². The fourth-order valence-electron chi connectivity index (χ4n) is 3.37. The van der Waals surface area contributed by atoms with E-state index < -0.39 is 17.6 Å². The van der Waals surface area contributed by atoms with Crippen LogP contribution in [0.3, 0.4) is 0 Å². The summed E-state index contributed by atoms with van der Waals surface area (Å²) < 4.78 is 41.4. The van der Waals surface area contributed by atoms with Crippen molar-refractivity contribution >= 4 is 5.91 Å². The van der Waals surface area contributed by atoms with Crippen LogP contribution in [0.5, 0.6) is 0 Å². The van der Waals surface area contributed by atoms with Gasteiger partial charge in [-0.25, -0.2) is 33.1 Å². The third-order valence-corrected chi connectivity index (χ3v) is 5.17. The van der Waals surface area contributed by atoms with Crippen LogP contribution in [0.15, 0.2) is 49.1 Å². The fourth-order valence-corrected chi connectivity index (χ4v) is 3.37. The second-order valence-corrected chi connectivity index (χ2v) is 7.49. The molecule has 3 rings (SSSR count). The molecule has 1 amide bonds. The zero-order chi connectivity index (χ0) is 23.3. The molecule has 1 atom stereocenters. The predicted octanol–water partition coefficient (Wildman–Crippen LogP) is 4.67. The number of hydrogen-bond acceptors (Lipinski definition) is 5. The highest BCUT2D eigenvalue weighted by atomic mass is 19.3. The number of alkyl halides is 2. The van der Waals surface area contributed by atoms with E-state index in [4.69, 9.17) is 0 Å². The van der Waals surface area contributed by atoms with E-state index in [0.29, 0.717) is 30.8 Å². The lowest BCUT2D eigenvalue weighted by Gasteiger charge is -2.29. The minimum atomic E-state index is -3.00. The Morgan fingerprint density at radius 1 is 1.09 bits per heavy atom. The van der Waals surface area contributed by atoms with Crippen molar-refractivity contribution in [2.24, 2.45) is 0 Å². The average Bonchev–Trinajstić information content (AvgIpc) is 2.78. The van der Waals surface area contributed by atoms with Gasteiger partial charge in [0.05, 0.1) is 11.1 Å². The maximum absolute atomic E-state index is 14.7. The van der Waals surface area contributed by atoms with Crippen molar-refractivity contribution in [2.75, 3.05) is 6.54 Å². The van der Waals surface area contributed by atoms with Crippen LogP contribution >= 0.6 is 0 Å². The van der Waals surface area contributed by atoms with Crippen LogP contribution < -0.4 is 0 Å². The number of aryl methyl sites for hydroxylation is 1. The van der Waals surface area contributed by atoms with Crippen LogP contribution in [0.4, 0.5) is 13.2 Å². The van der Waals surface area contributed by atoms with Crippen molar-refractivity contribution in [3.8, 4) is 11.4 Å². The number of aromatic nitrogens is 4. The van der Waals surface area contributed by atoms with Gasteiger partial charge in [0.25, 0.3) is 11.8 Å². The summed E-state index contributed by atoms with van der Waals surface area (Å²) in [5.41, 5.74) is -0.0197. The summed E-state index contributed by atoms with van der Waals surface area (Å²) in [5.74, 6) is -3.46. The van der Waals surface area contributed by atoms with Crippen molar-refractivity contribution in [1.29, 1.82) is 0 Å². The van der Waals surface area contributed by atoms with E-state index in [-0.39, 0.29) is 23.0 Å². The van der Waals surface area contributed by atoms with Gasteiger partial charge in [0.2, 0.25) is 0 Å². The molecule has 0 bridgehead atoms. The number of amides is 1. The van der Waals surface area contributed by atoms with Gasteiger partial charge in [0.15, 0.2) is 5.82 Å². The maximum atomic E-state index is 14.7. The zero-order valence-electron chi connectivity index (χ0n) is 18.1. The summed E-state index contributed by atoms with van der Waals surface area (Å²) in [6.45, 7) is 4.79. The Labute approximate surface area is 184 Å². The molecule has 0 saturated heterocycles. The van der Waals surface area contributed by atoms with E-state index >= 15 is 0 Å². The first-order valence-electron chi connectivity index (χ1n) is 10.3. The number of halogens is 3. The summed E-state index contributed by atoms with van der Waals surface area (Å²) in [6, 6.07) is 5.73. The minimum Gasteiger partial charge on any atom is -0.336 e. The Morgan fingerprint density at radius 3 is 2.34 bits per heavy atom. The van der Waals surface area contributed by atoms with E-state index in [9.17, 15) is 18.0 Å². The lowest BCUT2D eigenvalue weighted by atomic mass is 10.0. The third-order valence-electron chi connectivity index (χ3n) is 5.17. The molecule has 9 heteroatoms. The van der Waals surface area contributed by atoms with E-state index in [1.165, 1.54) is 24.5 Å². The largest absolute Gasteiger partial charge is 0.336 e. The molecule has 0 aliphatic rings. The van der Waals surface area contributed by atoms with Gasteiger partial charge in [-0.1, -0.05) is 12.1 Å². The molecule has 6 nitrogen and oxygen atoms in total. The molecular formula is C23H24F3N5O. The highest BCUT2D eigenvalue weighted by Crippen LogP contribution is 2.26. The van der Waals surface area contributed by atoms with Crippen molar-refractivity contribution < 1.29 is 18.0 Å². The smallest absolute Gasteiger partial charge is 0.273 e. The number of benzene rings is 1. The summed E-state index contributed by atoms with van der Waals surface area (Å²) in [6.07, 6.45) is 6.14. The lowest BCUT2D eigenvalue weighted by molar-refractivity contribution is 0.0166. The van der Waals surface area contributed by atoms with E-state index in [1.807, 2.05) is 13.8 Å². The van der Waals surface area contributed by atoms with Crippen LogP contribution in [-0.4, -0.2) is 43.3 Å². The molecule has 0 spiro atoms. The molecule has 32 heavy (non-hydrogen) atoms. The van der Waals surface area contributed by atoms with E-state index in [1.54, 1.807) is 17.0 Å². The molecule has 0 saturated carbocycles. The highest BCUT2D eigenvalue weighted by Gasteiger charge is 2.27. The highest BCUT2D eigenvalue weighted by molar-refractivity contribution is 6.00. The van der Waals surface area contributed by atoms with E-state index in [2.05, 4.69) is 19.9 Å². The fraction of sp³-hybridized carbons (Fsp3) is 0.348. The van der Waals surface area contributed by atoms with Gasteiger partial charge in [0.1, 0.15) is 11.6 Å². The predicted molar refractivity (Wildman–Crippen MR) is 114 cm³/mol. The molecule has 2 heterocycles. The first kappa shape index (κ1) is 23.3. The molecule has 1 aromatic carbocycles.